The number of carbonyl (C=O) groups is 2. The highest BCUT2D eigenvalue weighted by atomic mass is 16.5. The fraction of sp³-hybridized carbons (Fsp3) is 0.316. The number of likely N-dealkylation sites (tertiary alicyclic amines) is 1. The Morgan fingerprint density at radius 1 is 1.12 bits per heavy atom. The number of carbonyl (C=O) groups excluding carboxylic acids is 2. The van der Waals surface area contributed by atoms with Gasteiger partial charge < -0.3 is 9.15 Å². The van der Waals surface area contributed by atoms with Crippen molar-refractivity contribution in [1.29, 1.82) is 0 Å². The Labute approximate surface area is 145 Å². The van der Waals surface area contributed by atoms with E-state index in [2.05, 4.69) is 4.98 Å². The van der Waals surface area contributed by atoms with Crippen molar-refractivity contribution in [3.63, 3.8) is 0 Å². The summed E-state index contributed by atoms with van der Waals surface area (Å²) in [5, 5.41) is 0. The third-order valence-corrected chi connectivity index (χ3v) is 4.81. The molecule has 1 fully saturated rings. The molecule has 2 heterocycles. The maximum absolute atomic E-state index is 12.5. The highest BCUT2D eigenvalue weighted by Gasteiger charge is 2.47. The molecule has 128 valence electrons. The fourth-order valence-corrected chi connectivity index (χ4v) is 3.43. The van der Waals surface area contributed by atoms with Crippen LogP contribution in [-0.2, 0) is 16.1 Å². The average molecular weight is 338 g/mol. The molecule has 0 N–H and O–H groups in total. The van der Waals surface area contributed by atoms with E-state index in [1.165, 1.54) is 11.2 Å². The second-order valence-electron chi connectivity index (χ2n) is 6.29. The van der Waals surface area contributed by atoms with Gasteiger partial charge in [-0.1, -0.05) is 12.2 Å². The van der Waals surface area contributed by atoms with Gasteiger partial charge in [0.05, 0.1) is 31.2 Å². The molecule has 0 radical (unpaired) electrons. The van der Waals surface area contributed by atoms with E-state index >= 15 is 0 Å². The lowest BCUT2D eigenvalue weighted by Crippen LogP contribution is -2.30. The van der Waals surface area contributed by atoms with Crippen LogP contribution in [-0.4, -0.2) is 28.8 Å². The number of nitrogens with zero attached hydrogens (tertiary/aromatic N) is 2. The molecule has 4 rings (SSSR count). The molecule has 1 aliphatic heterocycles. The lowest BCUT2D eigenvalue weighted by Gasteiger charge is -2.14. The molecule has 25 heavy (non-hydrogen) atoms. The SMILES string of the molecule is COc1ccc(-c2nc(CN3C(=O)C4CC=CCC4C3=O)co2)cc1. The summed E-state index contributed by atoms with van der Waals surface area (Å²) >= 11 is 0. The van der Waals surface area contributed by atoms with Crippen LogP contribution in [0.2, 0.25) is 0 Å². The molecule has 2 unspecified atom stereocenters. The van der Waals surface area contributed by atoms with Gasteiger partial charge in [-0.15, -0.1) is 0 Å². The minimum absolute atomic E-state index is 0.103. The van der Waals surface area contributed by atoms with E-state index in [1.54, 1.807) is 7.11 Å². The van der Waals surface area contributed by atoms with Gasteiger partial charge in [-0.05, 0) is 37.1 Å². The molecule has 1 aromatic carbocycles. The number of amides is 2. The van der Waals surface area contributed by atoms with Crippen LogP contribution in [0.3, 0.4) is 0 Å². The maximum atomic E-state index is 12.5. The maximum Gasteiger partial charge on any atom is 0.233 e. The van der Waals surface area contributed by atoms with Crippen molar-refractivity contribution in [3.05, 3.63) is 48.4 Å². The molecule has 2 atom stereocenters. The Morgan fingerprint density at radius 3 is 2.36 bits per heavy atom. The zero-order chi connectivity index (χ0) is 17.4. The molecule has 2 aromatic rings. The number of allylic oxidation sites excluding steroid dienone is 2. The van der Waals surface area contributed by atoms with Crippen LogP contribution in [0.5, 0.6) is 5.75 Å². The Balaban J connectivity index is 1.51. The number of fused-ring (bicyclic) bond motifs is 1. The fourth-order valence-electron chi connectivity index (χ4n) is 3.43. The van der Waals surface area contributed by atoms with Gasteiger partial charge in [-0.2, -0.15) is 0 Å². The van der Waals surface area contributed by atoms with Crippen molar-refractivity contribution in [3.8, 4) is 17.2 Å². The Hall–Kier alpha value is -2.89. The van der Waals surface area contributed by atoms with E-state index in [4.69, 9.17) is 9.15 Å². The number of methoxy groups -OCH3 is 1. The minimum Gasteiger partial charge on any atom is -0.497 e. The van der Waals surface area contributed by atoms with Crippen LogP contribution in [0.1, 0.15) is 18.5 Å². The van der Waals surface area contributed by atoms with Crippen molar-refractivity contribution in [2.75, 3.05) is 7.11 Å². The molecule has 0 spiro atoms. The van der Waals surface area contributed by atoms with Gasteiger partial charge in [0.1, 0.15) is 12.0 Å². The molecule has 0 saturated carbocycles. The van der Waals surface area contributed by atoms with E-state index in [0.29, 0.717) is 24.4 Å². The number of aromatic nitrogens is 1. The van der Waals surface area contributed by atoms with Crippen molar-refractivity contribution in [2.45, 2.75) is 19.4 Å². The van der Waals surface area contributed by atoms with Crippen LogP contribution in [0.4, 0.5) is 0 Å². The molecular weight excluding hydrogens is 320 g/mol. The first-order valence-electron chi connectivity index (χ1n) is 8.26. The number of hydrogen-bond donors (Lipinski definition) is 0. The van der Waals surface area contributed by atoms with Gasteiger partial charge in [0, 0.05) is 5.56 Å². The van der Waals surface area contributed by atoms with Crippen LogP contribution in [0, 0.1) is 11.8 Å². The lowest BCUT2D eigenvalue weighted by atomic mass is 9.85. The van der Waals surface area contributed by atoms with E-state index in [9.17, 15) is 9.59 Å². The molecule has 1 aliphatic carbocycles. The molecular formula is C19H18N2O4. The number of hydrogen-bond acceptors (Lipinski definition) is 5. The predicted molar refractivity (Wildman–Crippen MR) is 89.4 cm³/mol. The normalized spacial score (nSPS) is 22.4. The third-order valence-electron chi connectivity index (χ3n) is 4.81. The average Bonchev–Trinajstić information content (AvgIpc) is 3.22. The third kappa shape index (κ3) is 2.73. The van der Waals surface area contributed by atoms with Gasteiger partial charge >= 0.3 is 0 Å². The zero-order valence-corrected chi connectivity index (χ0v) is 13.8. The van der Waals surface area contributed by atoms with Crippen molar-refractivity contribution in [2.24, 2.45) is 11.8 Å². The summed E-state index contributed by atoms with van der Waals surface area (Å²) in [5.74, 6) is 0.563. The standard InChI is InChI=1S/C19H18N2O4/c1-24-14-8-6-12(7-9-14)17-20-13(11-25-17)10-21-18(22)15-4-2-3-5-16(15)19(21)23/h2-3,6-9,11,15-16H,4-5,10H2,1H3. The number of rotatable bonds is 4. The van der Waals surface area contributed by atoms with Gasteiger partial charge in [-0.3, -0.25) is 14.5 Å². The summed E-state index contributed by atoms with van der Waals surface area (Å²) in [4.78, 5) is 30.7. The molecule has 6 nitrogen and oxygen atoms in total. The van der Waals surface area contributed by atoms with Gasteiger partial charge in [0.15, 0.2) is 0 Å². The minimum atomic E-state index is -0.217. The predicted octanol–water partition coefficient (Wildman–Crippen LogP) is 2.80. The largest absolute Gasteiger partial charge is 0.497 e. The highest BCUT2D eigenvalue weighted by Crippen LogP contribution is 2.35. The number of oxazole rings is 1. The number of benzene rings is 1. The smallest absolute Gasteiger partial charge is 0.233 e. The molecule has 2 aliphatic rings. The first kappa shape index (κ1) is 15.6. The molecule has 1 saturated heterocycles. The van der Waals surface area contributed by atoms with Gasteiger partial charge in [0.2, 0.25) is 17.7 Å². The summed E-state index contributed by atoms with van der Waals surface area (Å²) in [6, 6.07) is 7.34. The molecule has 0 bridgehead atoms. The monoisotopic (exact) mass is 338 g/mol. The summed E-state index contributed by atoms with van der Waals surface area (Å²) in [6.45, 7) is 0.157. The quantitative estimate of drug-likeness (QED) is 0.633. The van der Waals surface area contributed by atoms with Crippen molar-refractivity contribution in [1.82, 2.24) is 9.88 Å². The lowest BCUT2D eigenvalue weighted by molar-refractivity contribution is -0.140. The summed E-state index contributed by atoms with van der Waals surface area (Å²) in [6.07, 6.45) is 6.74. The van der Waals surface area contributed by atoms with Gasteiger partial charge in [-0.25, -0.2) is 4.98 Å². The van der Waals surface area contributed by atoms with E-state index in [0.717, 1.165) is 11.3 Å². The van der Waals surface area contributed by atoms with Crippen LogP contribution >= 0.6 is 0 Å². The van der Waals surface area contributed by atoms with E-state index in [-0.39, 0.29) is 30.2 Å². The first-order chi connectivity index (χ1) is 12.2. The number of ether oxygens (including phenoxy) is 1. The van der Waals surface area contributed by atoms with E-state index in [1.807, 2.05) is 36.4 Å². The first-order valence-corrected chi connectivity index (χ1v) is 8.26. The summed E-state index contributed by atoms with van der Waals surface area (Å²) < 4.78 is 10.6. The summed E-state index contributed by atoms with van der Waals surface area (Å²) in [7, 11) is 1.61. The molecule has 1 aromatic heterocycles. The van der Waals surface area contributed by atoms with E-state index < -0.39 is 0 Å². The highest BCUT2D eigenvalue weighted by molar-refractivity contribution is 6.05. The second kappa shape index (κ2) is 6.20. The van der Waals surface area contributed by atoms with Gasteiger partial charge in [0.25, 0.3) is 0 Å². The number of imide groups is 1. The Kier molecular flexibility index (Phi) is 3.87. The van der Waals surface area contributed by atoms with Crippen molar-refractivity contribution >= 4 is 11.8 Å². The molecule has 2 amide bonds. The van der Waals surface area contributed by atoms with Crippen molar-refractivity contribution < 1.29 is 18.7 Å². The Bertz CT molecular complexity index is 811. The summed E-state index contributed by atoms with van der Waals surface area (Å²) in [5.41, 5.74) is 1.38. The van der Waals surface area contributed by atoms with Crippen LogP contribution < -0.4 is 4.74 Å². The van der Waals surface area contributed by atoms with Crippen LogP contribution in [0.15, 0.2) is 47.1 Å². The zero-order valence-electron chi connectivity index (χ0n) is 13.8. The molecule has 6 heteroatoms. The second-order valence-corrected chi connectivity index (χ2v) is 6.29. The topological polar surface area (TPSA) is 72.6 Å². The Morgan fingerprint density at radius 2 is 1.76 bits per heavy atom. The van der Waals surface area contributed by atoms with Crippen LogP contribution in [0.25, 0.3) is 11.5 Å².